The number of nitrogens with zero attached hydrogens (tertiary/aromatic N) is 1. The summed E-state index contributed by atoms with van der Waals surface area (Å²) in [6.07, 6.45) is 3.78. The van der Waals surface area contributed by atoms with E-state index in [0.717, 1.165) is 31.5 Å². The van der Waals surface area contributed by atoms with E-state index in [2.05, 4.69) is 45.0 Å². The van der Waals surface area contributed by atoms with Crippen molar-refractivity contribution in [3.8, 4) is 0 Å². The van der Waals surface area contributed by atoms with E-state index in [0.29, 0.717) is 19.4 Å². The molecule has 0 unspecified atom stereocenters. The summed E-state index contributed by atoms with van der Waals surface area (Å²) in [4.78, 5) is 15.2. The van der Waals surface area contributed by atoms with Gasteiger partial charge in [-0.05, 0) is 69.1 Å². The average Bonchev–Trinajstić information content (AvgIpc) is 2.93. The minimum Gasteiger partial charge on any atom is -0.387 e. The van der Waals surface area contributed by atoms with Crippen molar-refractivity contribution in [3.63, 3.8) is 0 Å². The van der Waals surface area contributed by atoms with Crippen LogP contribution in [0, 0.1) is 5.41 Å². The Labute approximate surface area is 163 Å². The van der Waals surface area contributed by atoms with Crippen molar-refractivity contribution in [3.05, 3.63) is 29.8 Å². The van der Waals surface area contributed by atoms with Crippen LogP contribution in [0.15, 0.2) is 24.3 Å². The molecule has 0 atom stereocenters. The van der Waals surface area contributed by atoms with Crippen LogP contribution in [0.1, 0.15) is 72.3 Å². The predicted octanol–water partition coefficient (Wildman–Crippen LogP) is 4.44. The van der Waals surface area contributed by atoms with Crippen molar-refractivity contribution in [1.82, 2.24) is 0 Å². The van der Waals surface area contributed by atoms with E-state index >= 15 is 0 Å². The predicted molar refractivity (Wildman–Crippen MR) is 109 cm³/mol. The van der Waals surface area contributed by atoms with Gasteiger partial charge in [0.2, 0.25) is 5.91 Å². The Morgan fingerprint density at radius 3 is 2.19 bits per heavy atom. The van der Waals surface area contributed by atoms with E-state index in [1.165, 1.54) is 5.56 Å². The topological polar surface area (TPSA) is 49.8 Å². The SMILES string of the molecule is CC(C)OCC1(O)CCC2(CCN(c3ccc(C(C)(C)C)cc3)C2=O)CC1. The van der Waals surface area contributed by atoms with Crippen LogP contribution in [-0.4, -0.2) is 35.9 Å². The van der Waals surface area contributed by atoms with E-state index in [1.807, 2.05) is 18.7 Å². The molecule has 1 amide bonds. The van der Waals surface area contributed by atoms with Gasteiger partial charge in [0.1, 0.15) is 0 Å². The molecule has 4 heteroatoms. The van der Waals surface area contributed by atoms with Gasteiger partial charge >= 0.3 is 0 Å². The van der Waals surface area contributed by atoms with Gasteiger partial charge in [0.05, 0.1) is 23.7 Å². The summed E-state index contributed by atoms with van der Waals surface area (Å²) in [6, 6.07) is 8.42. The van der Waals surface area contributed by atoms with Crippen LogP contribution in [0.5, 0.6) is 0 Å². The molecule has 1 aliphatic heterocycles. The average molecular weight is 374 g/mol. The quantitative estimate of drug-likeness (QED) is 0.849. The fourth-order valence-electron chi connectivity index (χ4n) is 4.33. The summed E-state index contributed by atoms with van der Waals surface area (Å²) in [5, 5.41) is 10.8. The van der Waals surface area contributed by atoms with Gasteiger partial charge in [-0.2, -0.15) is 0 Å². The summed E-state index contributed by atoms with van der Waals surface area (Å²) < 4.78 is 5.65. The Morgan fingerprint density at radius 2 is 1.67 bits per heavy atom. The second-order valence-corrected chi connectivity index (χ2v) is 9.87. The number of aliphatic hydroxyl groups is 1. The molecule has 0 aromatic heterocycles. The number of rotatable bonds is 4. The first-order valence-corrected chi connectivity index (χ1v) is 10.3. The van der Waals surface area contributed by atoms with Crippen LogP contribution in [-0.2, 0) is 14.9 Å². The van der Waals surface area contributed by atoms with E-state index in [4.69, 9.17) is 4.74 Å². The molecule has 1 heterocycles. The van der Waals surface area contributed by atoms with E-state index in [9.17, 15) is 9.90 Å². The van der Waals surface area contributed by atoms with Gasteiger partial charge in [-0.1, -0.05) is 32.9 Å². The third-order valence-electron chi connectivity index (χ3n) is 6.38. The Kier molecular flexibility index (Phi) is 5.44. The van der Waals surface area contributed by atoms with Crippen molar-refractivity contribution in [1.29, 1.82) is 0 Å². The Balaban J connectivity index is 1.67. The van der Waals surface area contributed by atoms with E-state index in [1.54, 1.807) is 0 Å². The minimum absolute atomic E-state index is 0.112. The molecule has 1 aromatic carbocycles. The molecule has 27 heavy (non-hydrogen) atoms. The lowest BCUT2D eigenvalue weighted by atomic mass is 9.68. The smallest absolute Gasteiger partial charge is 0.233 e. The van der Waals surface area contributed by atoms with Crippen molar-refractivity contribution in [2.75, 3.05) is 18.1 Å². The highest BCUT2D eigenvalue weighted by atomic mass is 16.5. The van der Waals surface area contributed by atoms with Gasteiger partial charge in [0.15, 0.2) is 0 Å². The number of carbonyl (C=O) groups excluding carboxylic acids is 1. The highest BCUT2D eigenvalue weighted by Crippen LogP contribution is 2.48. The number of ether oxygens (including phenoxy) is 1. The lowest BCUT2D eigenvalue weighted by Crippen LogP contribution is -2.46. The molecule has 0 bridgehead atoms. The standard InChI is InChI=1S/C23H35NO3/c1-17(2)27-16-23(26)12-10-22(11-13-23)14-15-24(20(22)25)19-8-6-18(7-9-19)21(3,4)5/h6-9,17,26H,10-16H2,1-5H3. The van der Waals surface area contributed by atoms with Gasteiger partial charge < -0.3 is 14.7 Å². The molecular formula is C23H35NO3. The zero-order valence-corrected chi connectivity index (χ0v) is 17.5. The van der Waals surface area contributed by atoms with E-state index in [-0.39, 0.29) is 22.8 Å². The number of amides is 1. The molecule has 2 fully saturated rings. The van der Waals surface area contributed by atoms with Crippen LogP contribution in [0.25, 0.3) is 0 Å². The molecule has 1 N–H and O–H groups in total. The van der Waals surface area contributed by atoms with Gasteiger partial charge in [-0.15, -0.1) is 0 Å². The second-order valence-electron chi connectivity index (χ2n) is 9.87. The highest BCUT2D eigenvalue weighted by Gasteiger charge is 2.51. The summed E-state index contributed by atoms with van der Waals surface area (Å²) in [6.45, 7) is 11.7. The molecule has 2 aliphatic rings. The maximum absolute atomic E-state index is 13.3. The van der Waals surface area contributed by atoms with Crippen molar-refractivity contribution < 1.29 is 14.6 Å². The monoisotopic (exact) mass is 373 g/mol. The minimum atomic E-state index is -0.780. The number of hydrogen-bond donors (Lipinski definition) is 1. The van der Waals surface area contributed by atoms with Crippen LogP contribution in [0.4, 0.5) is 5.69 Å². The molecule has 4 nitrogen and oxygen atoms in total. The third-order valence-corrected chi connectivity index (χ3v) is 6.38. The normalized spacial score (nSPS) is 29.1. The molecule has 1 saturated heterocycles. The Bertz CT molecular complexity index is 664. The first-order valence-electron chi connectivity index (χ1n) is 10.3. The first kappa shape index (κ1) is 20.3. The van der Waals surface area contributed by atoms with Gasteiger partial charge in [-0.25, -0.2) is 0 Å². The molecule has 1 aromatic rings. The second kappa shape index (κ2) is 7.21. The molecule has 1 aliphatic carbocycles. The fraction of sp³-hybridized carbons (Fsp3) is 0.696. The number of benzene rings is 1. The Morgan fingerprint density at radius 1 is 1.07 bits per heavy atom. The molecule has 1 saturated carbocycles. The third kappa shape index (κ3) is 4.22. The first-order chi connectivity index (χ1) is 12.5. The largest absolute Gasteiger partial charge is 0.387 e. The Hall–Kier alpha value is -1.39. The summed E-state index contributed by atoms with van der Waals surface area (Å²) >= 11 is 0. The zero-order valence-electron chi connectivity index (χ0n) is 17.5. The molecule has 0 radical (unpaired) electrons. The summed E-state index contributed by atoms with van der Waals surface area (Å²) in [5.41, 5.74) is 1.31. The van der Waals surface area contributed by atoms with Gasteiger partial charge in [0, 0.05) is 12.2 Å². The van der Waals surface area contributed by atoms with Gasteiger partial charge in [0.25, 0.3) is 0 Å². The maximum atomic E-state index is 13.3. The lowest BCUT2D eigenvalue weighted by Gasteiger charge is -2.41. The van der Waals surface area contributed by atoms with Gasteiger partial charge in [-0.3, -0.25) is 4.79 Å². The van der Waals surface area contributed by atoms with Crippen LogP contribution in [0.3, 0.4) is 0 Å². The van der Waals surface area contributed by atoms with Crippen molar-refractivity contribution in [2.45, 2.75) is 83.8 Å². The summed E-state index contributed by atoms with van der Waals surface area (Å²) in [7, 11) is 0. The lowest BCUT2D eigenvalue weighted by molar-refractivity contribution is -0.135. The molecular weight excluding hydrogens is 338 g/mol. The number of anilines is 1. The van der Waals surface area contributed by atoms with Crippen LogP contribution >= 0.6 is 0 Å². The maximum Gasteiger partial charge on any atom is 0.233 e. The zero-order chi connectivity index (χ0) is 19.9. The van der Waals surface area contributed by atoms with Crippen LogP contribution < -0.4 is 4.90 Å². The number of hydrogen-bond acceptors (Lipinski definition) is 3. The van der Waals surface area contributed by atoms with Crippen molar-refractivity contribution >= 4 is 11.6 Å². The highest BCUT2D eigenvalue weighted by molar-refractivity contribution is 6.00. The molecule has 1 spiro atoms. The number of carbonyl (C=O) groups is 1. The van der Waals surface area contributed by atoms with Crippen molar-refractivity contribution in [2.24, 2.45) is 5.41 Å². The summed E-state index contributed by atoms with van der Waals surface area (Å²) in [5.74, 6) is 0.234. The molecule has 150 valence electrons. The van der Waals surface area contributed by atoms with Crippen LogP contribution in [0.2, 0.25) is 0 Å². The molecule has 3 rings (SSSR count). The fourth-order valence-corrected chi connectivity index (χ4v) is 4.33. The van der Waals surface area contributed by atoms with E-state index < -0.39 is 5.60 Å².